The van der Waals surface area contributed by atoms with Crippen LogP contribution in [0.25, 0.3) is 0 Å². The molecule has 2 aliphatic heterocycles. The molecule has 0 radical (unpaired) electrons. The molecular weight excluding hydrogens is 308 g/mol. The van der Waals surface area contributed by atoms with Gasteiger partial charge in [-0.2, -0.15) is 0 Å². The van der Waals surface area contributed by atoms with Gasteiger partial charge in [0.15, 0.2) is 6.04 Å². The van der Waals surface area contributed by atoms with Crippen LogP contribution < -0.4 is 5.73 Å². The molecule has 0 bridgehead atoms. The Kier molecular flexibility index (Phi) is 4.53. The zero-order chi connectivity index (χ0) is 16.7. The number of amides is 1. The van der Waals surface area contributed by atoms with E-state index in [0.717, 1.165) is 0 Å². The highest BCUT2D eigenvalue weighted by atomic mass is 32.2. The minimum atomic E-state index is -0.892. The van der Waals surface area contributed by atoms with Crippen LogP contribution in [0.1, 0.15) is 27.7 Å². The Labute approximate surface area is 133 Å². The highest BCUT2D eigenvalue weighted by Crippen LogP contribution is 2.39. The van der Waals surface area contributed by atoms with E-state index >= 15 is 0 Å². The molecule has 2 aliphatic rings. The number of fused-ring (bicyclic) bond motifs is 1. The first-order valence-corrected chi connectivity index (χ1v) is 7.84. The topological polar surface area (TPSA) is 98.9 Å². The fraction of sp³-hybridized carbons (Fsp3) is 0.643. The molecule has 0 aromatic heterocycles. The smallest absolute Gasteiger partial charge is 0.333 e. The number of thioether (sulfide) groups is 1. The maximum atomic E-state index is 12.5. The maximum absolute atomic E-state index is 12.5. The normalized spacial score (nSPS) is 27.5. The van der Waals surface area contributed by atoms with Gasteiger partial charge in [0.25, 0.3) is 0 Å². The van der Waals surface area contributed by atoms with Gasteiger partial charge in [-0.05, 0) is 26.2 Å². The van der Waals surface area contributed by atoms with Crippen molar-refractivity contribution in [3.8, 4) is 0 Å². The summed E-state index contributed by atoms with van der Waals surface area (Å²) in [6, 6.07) is -1.52. The van der Waals surface area contributed by atoms with Crippen molar-refractivity contribution in [3.05, 3.63) is 11.0 Å². The maximum Gasteiger partial charge on any atom is 0.333 e. The predicted octanol–water partition coefficient (Wildman–Crippen LogP) is 0.386. The number of hydrogen-bond acceptors (Lipinski definition) is 7. The monoisotopic (exact) mass is 328 g/mol. The average molecular weight is 328 g/mol. The van der Waals surface area contributed by atoms with E-state index in [0.29, 0.717) is 5.57 Å². The van der Waals surface area contributed by atoms with Crippen LogP contribution in [0.2, 0.25) is 0 Å². The van der Waals surface area contributed by atoms with E-state index in [9.17, 15) is 14.4 Å². The fourth-order valence-electron chi connectivity index (χ4n) is 2.26. The van der Waals surface area contributed by atoms with E-state index in [1.54, 1.807) is 26.2 Å². The molecule has 22 heavy (non-hydrogen) atoms. The van der Waals surface area contributed by atoms with E-state index < -0.39 is 29.6 Å². The fourth-order valence-corrected chi connectivity index (χ4v) is 3.41. The van der Waals surface area contributed by atoms with Crippen LogP contribution in [0.15, 0.2) is 11.0 Å². The highest BCUT2D eigenvalue weighted by Gasteiger charge is 2.54. The molecule has 8 heteroatoms. The first-order valence-electron chi connectivity index (χ1n) is 6.90. The van der Waals surface area contributed by atoms with Crippen LogP contribution in [0.5, 0.6) is 0 Å². The molecular formula is C14H20N2O5S. The molecule has 1 fully saturated rings. The van der Waals surface area contributed by atoms with Gasteiger partial charge in [-0.1, -0.05) is 0 Å². The first kappa shape index (κ1) is 16.8. The summed E-state index contributed by atoms with van der Waals surface area (Å²) in [5.74, 6) is -1.30. The zero-order valence-electron chi connectivity index (χ0n) is 13.0. The van der Waals surface area contributed by atoms with E-state index in [4.69, 9.17) is 15.2 Å². The number of hydrogen-bond donors (Lipinski definition) is 1. The van der Waals surface area contributed by atoms with Crippen molar-refractivity contribution < 1.29 is 23.9 Å². The lowest BCUT2D eigenvalue weighted by molar-refractivity contribution is -0.169. The van der Waals surface area contributed by atoms with Gasteiger partial charge in [0, 0.05) is 12.5 Å². The van der Waals surface area contributed by atoms with Crippen LogP contribution in [-0.2, 0) is 23.9 Å². The third kappa shape index (κ3) is 3.27. The Morgan fingerprint density at radius 2 is 2.05 bits per heavy atom. The molecule has 2 rings (SSSR count). The predicted molar refractivity (Wildman–Crippen MR) is 80.5 cm³/mol. The molecule has 2 N–H and O–H groups in total. The minimum Gasteiger partial charge on any atom is -0.461 e. The summed E-state index contributed by atoms with van der Waals surface area (Å²) in [7, 11) is 0. The standard InChI is InChI=1S/C14H20N2O5S/c1-7(17)20-5-8-6-22-12-9(15)11(18)16(12)10(8)13(19)21-14(2,3)4/h6,9-10,12H,5,15H2,1-4H3/t9-,10?,12?/m1/s1. The van der Waals surface area contributed by atoms with Crippen molar-refractivity contribution in [1.82, 2.24) is 4.90 Å². The van der Waals surface area contributed by atoms with E-state index in [2.05, 4.69) is 0 Å². The Morgan fingerprint density at radius 1 is 1.41 bits per heavy atom. The van der Waals surface area contributed by atoms with Gasteiger partial charge in [0.1, 0.15) is 23.6 Å². The number of carbonyl (C=O) groups is 3. The number of carbonyl (C=O) groups excluding carboxylic acids is 3. The highest BCUT2D eigenvalue weighted by molar-refractivity contribution is 8.02. The van der Waals surface area contributed by atoms with Crippen molar-refractivity contribution >= 4 is 29.6 Å². The molecule has 7 nitrogen and oxygen atoms in total. The largest absolute Gasteiger partial charge is 0.461 e. The van der Waals surface area contributed by atoms with Crippen LogP contribution >= 0.6 is 11.8 Å². The molecule has 0 aliphatic carbocycles. The van der Waals surface area contributed by atoms with Gasteiger partial charge in [-0.25, -0.2) is 4.79 Å². The Morgan fingerprint density at radius 3 is 2.59 bits per heavy atom. The number of ether oxygens (including phenoxy) is 2. The van der Waals surface area contributed by atoms with Gasteiger partial charge in [0.05, 0.1) is 0 Å². The minimum absolute atomic E-state index is 0.0576. The summed E-state index contributed by atoms with van der Waals surface area (Å²) in [5.41, 5.74) is 5.59. The Balaban J connectivity index is 2.23. The molecule has 0 saturated carbocycles. The molecule has 122 valence electrons. The molecule has 2 heterocycles. The second-order valence-corrected chi connectivity index (χ2v) is 7.20. The average Bonchev–Trinajstić information content (AvgIpc) is 2.41. The molecule has 1 amide bonds. The third-order valence-corrected chi connectivity index (χ3v) is 4.42. The lowest BCUT2D eigenvalue weighted by Crippen LogP contribution is -2.72. The summed E-state index contributed by atoms with van der Waals surface area (Å²) in [6.07, 6.45) is 0. The number of nitrogens with zero attached hydrogens (tertiary/aromatic N) is 1. The van der Waals surface area contributed by atoms with Crippen molar-refractivity contribution in [3.63, 3.8) is 0 Å². The Hall–Kier alpha value is -1.54. The second-order valence-electron chi connectivity index (χ2n) is 6.21. The van der Waals surface area contributed by atoms with E-state index in [1.807, 2.05) is 0 Å². The van der Waals surface area contributed by atoms with Gasteiger partial charge >= 0.3 is 11.9 Å². The van der Waals surface area contributed by atoms with Crippen LogP contribution in [0.3, 0.4) is 0 Å². The van der Waals surface area contributed by atoms with Crippen LogP contribution in [0.4, 0.5) is 0 Å². The van der Waals surface area contributed by atoms with E-state index in [1.165, 1.54) is 23.6 Å². The second kappa shape index (κ2) is 5.92. The summed E-state index contributed by atoms with van der Waals surface area (Å²) in [5, 5.41) is 1.44. The third-order valence-electron chi connectivity index (χ3n) is 3.18. The molecule has 0 aromatic carbocycles. The lowest BCUT2D eigenvalue weighted by Gasteiger charge is -2.50. The van der Waals surface area contributed by atoms with Gasteiger partial charge in [-0.3, -0.25) is 9.59 Å². The first-order chi connectivity index (χ1) is 10.1. The number of β-lactam (4-membered cyclic amide) rings is 1. The van der Waals surface area contributed by atoms with Crippen LogP contribution in [0, 0.1) is 0 Å². The zero-order valence-corrected chi connectivity index (χ0v) is 13.8. The molecule has 0 aromatic rings. The van der Waals surface area contributed by atoms with Crippen molar-refractivity contribution in [2.75, 3.05) is 6.61 Å². The lowest BCUT2D eigenvalue weighted by atomic mass is 9.98. The van der Waals surface area contributed by atoms with Gasteiger partial charge < -0.3 is 20.1 Å². The summed E-state index contributed by atoms with van der Waals surface area (Å²) < 4.78 is 10.4. The van der Waals surface area contributed by atoms with Gasteiger partial charge in [0.2, 0.25) is 5.91 Å². The van der Waals surface area contributed by atoms with Crippen molar-refractivity contribution in [2.24, 2.45) is 5.73 Å². The molecule has 3 atom stereocenters. The SMILES string of the molecule is CC(=O)OCC1=CSC2[C@H](N)C(=O)N2C1C(=O)OC(C)(C)C. The summed E-state index contributed by atoms with van der Waals surface area (Å²) >= 11 is 1.34. The molecule has 0 spiro atoms. The number of rotatable bonds is 3. The quantitative estimate of drug-likeness (QED) is 0.591. The van der Waals surface area contributed by atoms with E-state index in [-0.39, 0.29) is 17.9 Å². The van der Waals surface area contributed by atoms with Gasteiger partial charge in [-0.15, -0.1) is 11.8 Å². The summed E-state index contributed by atoms with van der Waals surface area (Å²) in [4.78, 5) is 36.9. The van der Waals surface area contributed by atoms with Crippen LogP contribution in [-0.4, -0.2) is 52.4 Å². The molecule has 2 unspecified atom stereocenters. The Bertz CT molecular complexity index is 540. The van der Waals surface area contributed by atoms with Crippen molar-refractivity contribution in [2.45, 2.75) is 50.8 Å². The van der Waals surface area contributed by atoms with Crippen molar-refractivity contribution in [1.29, 1.82) is 0 Å². The summed E-state index contributed by atoms with van der Waals surface area (Å²) in [6.45, 7) is 6.47. The number of nitrogens with two attached hydrogens (primary N) is 1. The molecule has 1 saturated heterocycles. The number of esters is 2.